The summed E-state index contributed by atoms with van der Waals surface area (Å²) in [5.41, 5.74) is 9.01. The standard InChI is InChI=1S/C41H29NSe/c1-41(2)35-18-10-8-16-30(35)31-21-20-28(25-36(31)41)42(27-13-4-3-5-14-27)37-24-26-12-6-7-15-29(26)39-34(37)23-22-33-32-17-9-11-19-38(32)43-40(33)39/h3-25H,1-2H3. The van der Waals surface area contributed by atoms with E-state index in [1.54, 1.807) is 0 Å². The average Bonchev–Trinajstić information content (AvgIpc) is 3.54. The Morgan fingerprint density at radius 2 is 1.21 bits per heavy atom. The maximum atomic E-state index is 2.48. The van der Waals surface area contributed by atoms with Gasteiger partial charge in [0.25, 0.3) is 0 Å². The van der Waals surface area contributed by atoms with Gasteiger partial charge in [0.2, 0.25) is 0 Å². The van der Waals surface area contributed by atoms with Crippen LogP contribution in [0.3, 0.4) is 0 Å². The van der Waals surface area contributed by atoms with E-state index in [0.717, 1.165) is 0 Å². The zero-order valence-corrected chi connectivity index (χ0v) is 25.8. The van der Waals surface area contributed by atoms with Crippen LogP contribution in [0.15, 0.2) is 140 Å². The second-order valence-corrected chi connectivity index (χ2v) is 14.4. The number of fused-ring (bicyclic) bond motifs is 10. The van der Waals surface area contributed by atoms with Gasteiger partial charge in [-0.25, -0.2) is 0 Å². The predicted octanol–water partition coefficient (Wildman–Crippen LogP) is 11.1. The molecule has 0 aliphatic heterocycles. The van der Waals surface area contributed by atoms with E-state index in [1.807, 2.05) is 0 Å². The third-order valence-corrected chi connectivity index (χ3v) is 12.0. The minimum atomic E-state index is -0.0646. The summed E-state index contributed by atoms with van der Waals surface area (Å²) in [7, 11) is 0. The van der Waals surface area contributed by atoms with Gasteiger partial charge in [0.05, 0.1) is 0 Å². The normalized spacial score (nSPS) is 13.5. The van der Waals surface area contributed by atoms with E-state index in [1.165, 1.54) is 80.2 Å². The number of benzene rings is 7. The Hall–Kier alpha value is -4.62. The van der Waals surface area contributed by atoms with Gasteiger partial charge in [0.15, 0.2) is 0 Å². The van der Waals surface area contributed by atoms with Gasteiger partial charge in [-0.2, -0.15) is 0 Å². The topological polar surface area (TPSA) is 3.24 Å². The van der Waals surface area contributed by atoms with Crippen LogP contribution >= 0.6 is 0 Å². The monoisotopic (exact) mass is 615 g/mol. The van der Waals surface area contributed by atoms with Gasteiger partial charge in [-0.3, -0.25) is 0 Å². The Labute approximate surface area is 257 Å². The van der Waals surface area contributed by atoms with Gasteiger partial charge in [0, 0.05) is 0 Å². The second-order valence-electron chi connectivity index (χ2n) is 12.2. The molecule has 2 heteroatoms. The first-order valence-electron chi connectivity index (χ1n) is 14.9. The van der Waals surface area contributed by atoms with E-state index in [-0.39, 0.29) is 19.9 Å². The molecule has 0 N–H and O–H groups in total. The number of hydrogen-bond donors (Lipinski definition) is 0. The molecule has 1 aromatic heterocycles. The molecule has 8 aromatic rings. The summed E-state index contributed by atoms with van der Waals surface area (Å²) in [6.45, 7) is 4.73. The summed E-state index contributed by atoms with van der Waals surface area (Å²) in [6, 6.07) is 51.9. The molecule has 0 saturated carbocycles. The van der Waals surface area contributed by atoms with Crippen LogP contribution in [0.5, 0.6) is 0 Å². The third-order valence-electron chi connectivity index (χ3n) is 9.43. The van der Waals surface area contributed by atoms with E-state index in [9.17, 15) is 0 Å². The van der Waals surface area contributed by atoms with Crippen molar-refractivity contribution in [3.63, 3.8) is 0 Å². The molecule has 1 heterocycles. The van der Waals surface area contributed by atoms with Crippen LogP contribution in [0.4, 0.5) is 17.1 Å². The van der Waals surface area contributed by atoms with Crippen molar-refractivity contribution in [1.29, 1.82) is 0 Å². The van der Waals surface area contributed by atoms with Gasteiger partial charge in [-0.1, -0.05) is 0 Å². The van der Waals surface area contributed by atoms with Crippen LogP contribution in [0.1, 0.15) is 25.0 Å². The van der Waals surface area contributed by atoms with Crippen LogP contribution in [0.2, 0.25) is 0 Å². The first-order chi connectivity index (χ1) is 21.1. The second kappa shape index (κ2) is 9.19. The number of para-hydroxylation sites is 1. The molecule has 1 aliphatic carbocycles. The SMILES string of the molecule is CC1(C)c2ccccc2-c2ccc(N(c3ccccc3)c3cc4ccccc4c4c3ccc3c5ccccc5[se]c34)cc21. The first kappa shape index (κ1) is 24.9. The average molecular weight is 615 g/mol. The van der Waals surface area contributed by atoms with Crippen LogP contribution in [-0.2, 0) is 5.41 Å². The molecule has 1 aliphatic rings. The Balaban J connectivity index is 1.37. The Morgan fingerprint density at radius 1 is 0.512 bits per heavy atom. The van der Waals surface area contributed by atoms with E-state index in [0.29, 0.717) is 0 Å². The van der Waals surface area contributed by atoms with E-state index >= 15 is 0 Å². The summed E-state index contributed by atoms with van der Waals surface area (Å²) in [6.07, 6.45) is 0. The third kappa shape index (κ3) is 3.58. The van der Waals surface area contributed by atoms with Crippen molar-refractivity contribution in [3.8, 4) is 11.1 Å². The first-order valence-corrected chi connectivity index (χ1v) is 16.7. The van der Waals surface area contributed by atoms with Crippen molar-refractivity contribution in [2.75, 3.05) is 4.90 Å². The van der Waals surface area contributed by atoms with Crippen molar-refractivity contribution >= 4 is 72.4 Å². The van der Waals surface area contributed by atoms with Crippen LogP contribution in [0, 0.1) is 0 Å². The summed E-state index contributed by atoms with van der Waals surface area (Å²) in [4.78, 5) is 2.48. The molecule has 43 heavy (non-hydrogen) atoms. The summed E-state index contributed by atoms with van der Waals surface area (Å²) in [5.74, 6) is 0. The number of nitrogens with zero attached hydrogens (tertiary/aromatic N) is 1. The molecule has 0 fully saturated rings. The van der Waals surface area contributed by atoms with E-state index in [4.69, 9.17) is 0 Å². The molecule has 9 rings (SSSR count). The molecule has 0 spiro atoms. The van der Waals surface area contributed by atoms with Crippen molar-refractivity contribution in [1.82, 2.24) is 0 Å². The van der Waals surface area contributed by atoms with Crippen molar-refractivity contribution in [3.05, 3.63) is 151 Å². The minimum absolute atomic E-state index is 0.0646. The zero-order valence-electron chi connectivity index (χ0n) is 24.1. The molecular weight excluding hydrogens is 585 g/mol. The fourth-order valence-corrected chi connectivity index (χ4v) is 10.0. The van der Waals surface area contributed by atoms with Gasteiger partial charge in [-0.15, -0.1) is 0 Å². The predicted molar refractivity (Wildman–Crippen MR) is 186 cm³/mol. The summed E-state index contributed by atoms with van der Waals surface area (Å²) >= 11 is 0.258. The molecular formula is C41H29NSe. The molecule has 0 atom stereocenters. The van der Waals surface area contributed by atoms with Gasteiger partial charge < -0.3 is 0 Å². The van der Waals surface area contributed by atoms with E-state index < -0.39 is 0 Å². The number of rotatable bonds is 3. The molecule has 0 unspecified atom stereocenters. The van der Waals surface area contributed by atoms with Gasteiger partial charge in [0.1, 0.15) is 0 Å². The Kier molecular flexibility index (Phi) is 5.33. The summed E-state index contributed by atoms with van der Waals surface area (Å²) in [5, 5.41) is 8.12. The van der Waals surface area contributed by atoms with E-state index in [2.05, 4.69) is 158 Å². The Bertz CT molecular complexity index is 2380. The molecule has 204 valence electrons. The molecule has 0 bridgehead atoms. The zero-order chi connectivity index (χ0) is 28.7. The van der Waals surface area contributed by atoms with Gasteiger partial charge in [-0.05, 0) is 0 Å². The number of anilines is 3. The van der Waals surface area contributed by atoms with Crippen LogP contribution < -0.4 is 4.90 Å². The Morgan fingerprint density at radius 3 is 2.09 bits per heavy atom. The quantitative estimate of drug-likeness (QED) is 0.141. The van der Waals surface area contributed by atoms with Crippen molar-refractivity contribution in [2.24, 2.45) is 0 Å². The van der Waals surface area contributed by atoms with Crippen molar-refractivity contribution < 1.29 is 0 Å². The molecule has 1 nitrogen and oxygen atoms in total. The fourth-order valence-electron chi connectivity index (χ4n) is 7.37. The fraction of sp³-hybridized carbons (Fsp3) is 0.0732. The molecule has 7 aromatic carbocycles. The molecule has 0 amide bonds. The molecule has 0 saturated heterocycles. The van der Waals surface area contributed by atoms with Crippen LogP contribution in [0.25, 0.3) is 52.0 Å². The van der Waals surface area contributed by atoms with Crippen molar-refractivity contribution in [2.45, 2.75) is 19.3 Å². The number of hydrogen-bond acceptors (Lipinski definition) is 1. The maximum absolute atomic E-state index is 2.48. The molecule has 0 radical (unpaired) electrons. The van der Waals surface area contributed by atoms with Gasteiger partial charge >= 0.3 is 258 Å². The summed E-state index contributed by atoms with van der Waals surface area (Å²) < 4.78 is 2.98. The van der Waals surface area contributed by atoms with Crippen LogP contribution in [-0.4, -0.2) is 14.5 Å².